The summed E-state index contributed by atoms with van der Waals surface area (Å²) >= 11 is 3.19. The summed E-state index contributed by atoms with van der Waals surface area (Å²) in [6.07, 6.45) is -2.24. The summed E-state index contributed by atoms with van der Waals surface area (Å²) in [6, 6.07) is 0. The zero-order valence-corrected chi connectivity index (χ0v) is 5.30. The number of hydrogen-bond donors (Lipinski definition) is 2. The molecule has 0 rings (SSSR count). The summed E-state index contributed by atoms with van der Waals surface area (Å²) in [5, 5.41) is 17.2. The van der Waals surface area contributed by atoms with Gasteiger partial charge in [-0.2, -0.15) is 0 Å². The molecule has 4 nitrogen and oxygen atoms in total. The first-order chi connectivity index (χ1) is 4.04. The van der Waals surface area contributed by atoms with Gasteiger partial charge in [-0.25, -0.2) is 0 Å². The highest BCUT2D eigenvalue weighted by Gasteiger charge is 2.09. The van der Waals surface area contributed by atoms with Gasteiger partial charge < -0.3 is 15.0 Å². The third-order valence-electron chi connectivity index (χ3n) is 0.645. The van der Waals surface area contributed by atoms with E-state index in [1.807, 2.05) is 0 Å². The Morgan fingerprint density at radius 3 is 2.22 bits per heavy atom. The van der Waals surface area contributed by atoms with Crippen molar-refractivity contribution < 1.29 is 19.8 Å². The Labute approximate surface area is 56.9 Å². The fourth-order valence-corrected chi connectivity index (χ4v) is 0.336. The van der Waals surface area contributed by atoms with Gasteiger partial charge in [0.25, 0.3) is 0 Å². The van der Waals surface area contributed by atoms with Gasteiger partial charge in [-0.1, -0.05) is 0 Å². The number of rotatable bonds is 3. The fraction of sp³-hybridized carbons (Fsp3) is 0.500. The number of aliphatic hydroxyl groups excluding tert-OH is 1. The normalized spacial score (nSPS) is 12.7. The Balaban J connectivity index is 3.63. The maximum absolute atomic E-state index is 10.0. The average molecular weight is 149 g/mol. The number of carboxylic acid groups (broad SMARTS) is 1. The molecule has 0 aliphatic rings. The molecule has 0 saturated carbocycles. The molecule has 0 aliphatic carbocycles. The number of aliphatic hydroxyl groups is 1. The Bertz CT molecular complexity index is 133. The van der Waals surface area contributed by atoms with Gasteiger partial charge in [0, 0.05) is 12.4 Å². The highest BCUT2D eigenvalue weighted by molar-refractivity contribution is 7.96. The van der Waals surface area contributed by atoms with Crippen LogP contribution in [0.4, 0.5) is 0 Å². The van der Waals surface area contributed by atoms with Crippen molar-refractivity contribution in [2.75, 3.05) is 0 Å². The third-order valence-corrected chi connectivity index (χ3v) is 0.943. The molecule has 1 atom stereocenters. The first-order valence-corrected chi connectivity index (χ1v) is 2.59. The molecular formula is C4H5O4S-. The third kappa shape index (κ3) is 3.99. The van der Waals surface area contributed by atoms with Crippen molar-refractivity contribution in [3.63, 3.8) is 0 Å². The van der Waals surface area contributed by atoms with Crippen LogP contribution in [0.2, 0.25) is 0 Å². The lowest BCUT2D eigenvalue weighted by molar-refractivity contribution is -0.307. The molecule has 0 aromatic heterocycles. The molecule has 0 heterocycles. The number of thiol groups is 1. The molecular weight excluding hydrogens is 144 g/mol. The largest absolute Gasteiger partial charge is 0.550 e. The van der Waals surface area contributed by atoms with Gasteiger partial charge in [0.2, 0.25) is 5.12 Å². The average Bonchev–Trinajstić information content (AvgIpc) is 1.63. The number of carbonyl (C=O) groups is 2. The molecule has 0 aromatic carbocycles. The Kier molecular flexibility index (Phi) is 3.26. The van der Waals surface area contributed by atoms with Gasteiger partial charge in [0.15, 0.2) is 0 Å². The van der Waals surface area contributed by atoms with Gasteiger partial charge in [-0.15, -0.1) is 12.6 Å². The van der Waals surface area contributed by atoms with E-state index < -0.39 is 23.6 Å². The molecule has 0 bridgehead atoms. The lowest BCUT2D eigenvalue weighted by Gasteiger charge is -2.04. The smallest absolute Gasteiger partial charge is 0.214 e. The van der Waals surface area contributed by atoms with Crippen molar-refractivity contribution in [1.29, 1.82) is 0 Å². The Morgan fingerprint density at radius 1 is 1.67 bits per heavy atom. The lowest BCUT2D eigenvalue weighted by Crippen LogP contribution is -2.29. The molecule has 0 spiro atoms. The number of aliphatic carboxylic acids is 1. The molecule has 5 heteroatoms. The van der Waals surface area contributed by atoms with Crippen molar-refractivity contribution in [2.24, 2.45) is 0 Å². The van der Waals surface area contributed by atoms with E-state index in [-0.39, 0.29) is 0 Å². The van der Waals surface area contributed by atoms with Gasteiger partial charge in [0.05, 0.1) is 0 Å². The van der Waals surface area contributed by atoms with Crippen LogP contribution in [0.5, 0.6) is 0 Å². The van der Waals surface area contributed by atoms with E-state index in [1.54, 1.807) is 0 Å². The molecule has 0 unspecified atom stereocenters. The van der Waals surface area contributed by atoms with Gasteiger partial charge in [-0.05, 0) is 0 Å². The van der Waals surface area contributed by atoms with Crippen LogP contribution in [0.3, 0.4) is 0 Å². The minimum absolute atomic E-state index is 0.692. The predicted octanol–water partition coefficient (Wildman–Crippen LogP) is -2.06. The zero-order valence-electron chi connectivity index (χ0n) is 4.40. The zero-order chi connectivity index (χ0) is 7.44. The second-order valence-electron chi connectivity index (χ2n) is 1.43. The maximum Gasteiger partial charge on any atom is 0.214 e. The van der Waals surface area contributed by atoms with Crippen LogP contribution in [-0.2, 0) is 9.59 Å². The predicted molar refractivity (Wildman–Crippen MR) is 29.6 cm³/mol. The summed E-state index contributed by atoms with van der Waals surface area (Å²) in [5.74, 6) is -1.47. The summed E-state index contributed by atoms with van der Waals surface area (Å²) < 4.78 is 0. The highest BCUT2D eigenvalue weighted by atomic mass is 32.1. The minimum atomic E-state index is -1.54. The van der Waals surface area contributed by atoms with Crippen LogP contribution in [0.1, 0.15) is 6.42 Å². The Morgan fingerprint density at radius 2 is 2.11 bits per heavy atom. The first-order valence-electron chi connectivity index (χ1n) is 2.14. The topological polar surface area (TPSA) is 77.4 Å². The highest BCUT2D eigenvalue weighted by Crippen LogP contribution is 1.93. The second-order valence-corrected chi connectivity index (χ2v) is 1.87. The summed E-state index contributed by atoms with van der Waals surface area (Å²) in [7, 11) is 0. The van der Waals surface area contributed by atoms with E-state index in [0.29, 0.717) is 0 Å². The maximum atomic E-state index is 10.0. The van der Waals surface area contributed by atoms with Crippen molar-refractivity contribution in [1.82, 2.24) is 0 Å². The number of carbonyl (C=O) groups excluding carboxylic acids is 2. The quantitative estimate of drug-likeness (QED) is 0.452. The molecule has 0 aromatic rings. The first kappa shape index (κ1) is 8.45. The van der Waals surface area contributed by atoms with Crippen LogP contribution < -0.4 is 5.11 Å². The monoisotopic (exact) mass is 149 g/mol. The second kappa shape index (κ2) is 3.47. The van der Waals surface area contributed by atoms with Crippen LogP contribution >= 0.6 is 12.6 Å². The van der Waals surface area contributed by atoms with Crippen LogP contribution in [0.25, 0.3) is 0 Å². The van der Waals surface area contributed by atoms with E-state index in [1.165, 1.54) is 0 Å². The molecule has 9 heavy (non-hydrogen) atoms. The summed E-state index contributed by atoms with van der Waals surface area (Å²) in [5.41, 5.74) is 0. The molecule has 0 radical (unpaired) electrons. The van der Waals surface area contributed by atoms with E-state index in [2.05, 4.69) is 12.6 Å². The van der Waals surface area contributed by atoms with Gasteiger partial charge in [-0.3, -0.25) is 4.79 Å². The van der Waals surface area contributed by atoms with Crippen LogP contribution in [0.15, 0.2) is 0 Å². The lowest BCUT2D eigenvalue weighted by atomic mass is 10.3. The van der Waals surface area contributed by atoms with Gasteiger partial charge >= 0.3 is 0 Å². The van der Waals surface area contributed by atoms with Gasteiger partial charge in [0.1, 0.15) is 6.10 Å². The summed E-state index contributed by atoms with van der Waals surface area (Å²) in [6.45, 7) is 0. The van der Waals surface area contributed by atoms with E-state index >= 15 is 0 Å². The summed E-state index contributed by atoms with van der Waals surface area (Å²) in [4.78, 5) is 19.7. The molecule has 52 valence electrons. The molecule has 1 N–H and O–H groups in total. The number of carboxylic acids is 1. The van der Waals surface area contributed by atoms with Crippen molar-refractivity contribution >= 4 is 23.7 Å². The minimum Gasteiger partial charge on any atom is -0.550 e. The van der Waals surface area contributed by atoms with Crippen LogP contribution in [-0.4, -0.2) is 22.3 Å². The number of hydrogen-bond acceptors (Lipinski definition) is 4. The fourth-order valence-electron chi connectivity index (χ4n) is 0.245. The molecule has 0 fully saturated rings. The molecule has 0 aliphatic heterocycles. The van der Waals surface area contributed by atoms with Crippen molar-refractivity contribution in [3.05, 3.63) is 0 Å². The Hall–Kier alpha value is -0.550. The molecule has 0 amide bonds. The van der Waals surface area contributed by atoms with E-state index in [9.17, 15) is 14.7 Å². The van der Waals surface area contributed by atoms with E-state index in [4.69, 9.17) is 5.11 Å². The van der Waals surface area contributed by atoms with E-state index in [0.717, 1.165) is 0 Å². The molecule has 0 saturated heterocycles. The van der Waals surface area contributed by atoms with Crippen molar-refractivity contribution in [2.45, 2.75) is 12.5 Å². The van der Waals surface area contributed by atoms with Crippen LogP contribution in [0, 0.1) is 0 Å². The standard InChI is InChI=1S/C4H6O4S/c5-2(4(8)9)1-3(6)7/h2,5H,1H2,(H,6,7)(H,8,9)/p-1/t2-/m0/s1. The van der Waals surface area contributed by atoms with Crippen molar-refractivity contribution in [3.8, 4) is 0 Å². The SMILES string of the molecule is O=C([O-])C[C@H](O)C(=O)S.